The highest BCUT2D eigenvalue weighted by molar-refractivity contribution is 5.97. The number of Topliss-reactive ketones (excluding diaryl/α,β-unsaturated/α-hetero) is 1. The number of hydrogen-bond donors (Lipinski definition) is 0. The second-order valence-corrected chi connectivity index (χ2v) is 4.85. The molecule has 0 saturated heterocycles. The van der Waals surface area contributed by atoms with Crippen LogP contribution in [0.2, 0.25) is 0 Å². The van der Waals surface area contributed by atoms with Gasteiger partial charge in [-0.2, -0.15) is 5.26 Å². The summed E-state index contributed by atoms with van der Waals surface area (Å²) in [5, 5.41) is 8.49. The number of nitriles is 1. The minimum absolute atomic E-state index is 0.103. The predicted octanol–water partition coefficient (Wildman–Crippen LogP) is 2.84. The Hall–Kier alpha value is -1.66. The van der Waals surface area contributed by atoms with Gasteiger partial charge in [0.1, 0.15) is 0 Å². The van der Waals surface area contributed by atoms with Crippen molar-refractivity contribution in [3.05, 3.63) is 35.4 Å². The number of likely N-dealkylation sites (N-methyl/N-ethyl adjacent to an activating group) is 1. The van der Waals surface area contributed by atoms with Gasteiger partial charge in [0.15, 0.2) is 5.78 Å². The SMILES string of the molecule is CC(C)c1ccc(C(=O)CN(C)CCC#N)cc1. The van der Waals surface area contributed by atoms with Crippen molar-refractivity contribution in [2.45, 2.75) is 26.2 Å². The third-order valence-corrected chi connectivity index (χ3v) is 2.92. The van der Waals surface area contributed by atoms with Gasteiger partial charge in [-0.05, 0) is 18.5 Å². The van der Waals surface area contributed by atoms with E-state index in [0.29, 0.717) is 25.4 Å². The molecule has 0 spiro atoms. The minimum Gasteiger partial charge on any atom is -0.298 e. The Kier molecular flexibility index (Phi) is 5.54. The molecule has 0 unspecified atom stereocenters. The van der Waals surface area contributed by atoms with Gasteiger partial charge in [-0.3, -0.25) is 9.69 Å². The Balaban J connectivity index is 2.59. The summed E-state index contributed by atoms with van der Waals surface area (Å²) in [6, 6.07) is 9.86. The molecular weight excluding hydrogens is 224 g/mol. The summed E-state index contributed by atoms with van der Waals surface area (Å²) in [5.41, 5.74) is 1.98. The van der Waals surface area contributed by atoms with Gasteiger partial charge in [0.2, 0.25) is 0 Å². The summed E-state index contributed by atoms with van der Waals surface area (Å²) < 4.78 is 0. The van der Waals surface area contributed by atoms with Crippen molar-refractivity contribution in [2.24, 2.45) is 0 Å². The normalized spacial score (nSPS) is 10.7. The highest BCUT2D eigenvalue weighted by Crippen LogP contribution is 2.15. The maximum Gasteiger partial charge on any atom is 0.176 e. The van der Waals surface area contributed by atoms with E-state index in [2.05, 4.69) is 19.9 Å². The lowest BCUT2D eigenvalue weighted by Gasteiger charge is -2.14. The third kappa shape index (κ3) is 4.31. The highest BCUT2D eigenvalue weighted by Gasteiger charge is 2.09. The fourth-order valence-corrected chi connectivity index (χ4v) is 1.71. The molecule has 1 aromatic carbocycles. The second-order valence-electron chi connectivity index (χ2n) is 4.85. The minimum atomic E-state index is 0.103. The first-order valence-electron chi connectivity index (χ1n) is 6.23. The van der Waals surface area contributed by atoms with Gasteiger partial charge in [0.25, 0.3) is 0 Å². The molecule has 1 aromatic rings. The highest BCUT2D eigenvalue weighted by atomic mass is 16.1. The first-order chi connectivity index (χ1) is 8.54. The van der Waals surface area contributed by atoms with E-state index < -0.39 is 0 Å². The van der Waals surface area contributed by atoms with E-state index in [1.165, 1.54) is 5.56 Å². The van der Waals surface area contributed by atoms with E-state index in [-0.39, 0.29) is 5.78 Å². The van der Waals surface area contributed by atoms with Crippen LogP contribution in [0, 0.1) is 11.3 Å². The monoisotopic (exact) mass is 244 g/mol. The molecule has 0 saturated carbocycles. The Morgan fingerprint density at radius 1 is 1.33 bits per heavy atom. The van der Waals surface area contributed by atoms with Gasteiger partial charge in [-0.25, -0.2) is 0 Å². The zero-order valence-electron chi connectivity index (χ0n) is 11.3. The summed E-state index contributed by atoms with van der Waals surface area (Å²) in [5.74, 6) is 0.582. The van der Waals surface area contributed by atoms with E-state index in [1.807, 2.05) is 36.2 Å². The lowest BCUT2D eigenvalue weighted by atomic mass is 10.0. The summed E-state index contributed by atoms with van der Waals surface area (Å²) >= 11 is 0. The fourth-order valence-electron chi connectivity index (χ4n) is 1.71. The van der Waals surface area contributed by atoms with E-state index >= 15 is 0 Å². The van der Waals surface area contributed by atoms with Gasteiger partial charge >= 0.3 is 0 Å². The van der Waals surface area contributed by atoms with E-state index in [9.17, 15) is 4.79 Å². The molecule has 0 aliphatic carbocycles. The molecule has 1 rings (SSSR count). The topological polar surface area (TPSA) is 44.1 Å². The Bertz CT molecular complexity index is 429. The predicted molar refractivity (Wildman–Crippen MR) is 72.6 cm³/mol. The third-order valence-electron chi connectivity index (χ3n) is 2.92. The van der Waals surface area contributed by atoms with Crippen LogP contribution in [0.3, 0.4) is 0 Å². The molecule has 0 atom stereocenters. The maximum absolute atomic E-state index is 12.0. The van der Waals surface area contributed by atoms with Gasteiger partial charge in [-0.15, -0.1) is 0 Å². The van der Waals surface area contributed by atoms with Crippen LogP contribution in [0.25, 0.3) is 0 Å². The van der Waals surface area contributed by atoms with E-state index in [4.69, 9.17) is 5.26 Å². The number of carbonyl (C=O) groups excluding carboxylic acids is 1. The largest absolute Gasteiger partial charge is 0.298 e. The summed E-state index contributed by atoms with van der Waals surface area (Å²) in [6.07, 6.45) is 0.454. The van der Waals surface area contributed by atoms with Crippen molar-refractivity contribution in [3.63, 3.8) is 0 Å². The zero-order chi connectivity index (χ0) is 13.5. The molecule has 0 aliphatic heterocycles. The molecular formula is C15H20N2O. The smallest absolute Gasteiger partial charge is 0.176 e. The quantitative estimate of drug-likeness (QED) is 0.723. The van der Waals surface area contributed by atoms with Crippen molar-refractivity contribution in [2.75, 3.05) is 20.1 Å². The number of hydrogen-bond acceptors (Lipinski definition) is 3. The zero-order valence-corrected chi connectivity index (χ0v) is 11.3. The van der Waals surface area contributed by atoms with E-state index in [1.54, 1.807) is 0 Å². The number of benzene rings is 1. The van der Waals surface area contributed by atoms with Crippen molar-refractivity contribution >= 4 is 5.78 Å². The van der Waals surface area contributed by atoms with Crippen molar-refractivity contribution in [1.82, 2.24) is 4.90 Å². The second kappa shape index (κ2) is 6.93. The molecule has 0 aliphatic rings. The molecule has 96 valence electrons. The van der Waals surface area contributed by atoms with Crippen LogP contribution in [0.15, 0.2) is 24.3 Å². The van der Waals surface area contributed by atoms with Crippen LogP contribution in [-0.2, 0) is 0 Å². The number of carbonyl (C=O) groups is 1. The summed E-state index contributed by atoms with van der Waals surface area (Å²) in [4.78, 5) is 13.9. The average molecular weight is 244 g/mol. The number of nitrogens with zero attached hydrogens (tertiary/aromatic N) is 2. The average Bonchev–Trinajstić information content (AvgIpc) is 2.36. The molecule has 0 radical (unpaired) electrons. The molecule has 3 nitrogen and oxygen atoms in total. The van der Waals surface area contributed by atoms with Gasteiger partial charge in [0.05, 0.1) is 12.6 Å². The molecule has 18 heavy (non-hydrogen) atoms. The first kappa shape index (κ1) is 14.4. The Labute approximate surface area is 109 Å². The number of rotatable bonds is 6. The van der Waals surface area contributed by atoms with Crippen LogP contribution in [0.5, 0.6) is 0 Å². The van der Waals surface area contributed by atoms with Crippen LogP contribution in [0.1, 0.15) is 42.1 Å². The lowest BCUT2D eigenvalue weighted by molar-refractivity contribution is 0.0947. The summed E-state index contributed by atoms with van der Waals surface area (Å²) in [7, 11) is 1.86. The van der Waals surface area contributed by atoms with Crippen molar-refractivity contribution < 1.29 is 4.79 Å². The Morgan fingerprint density at radius 3 is 2.44 bits per heavy atom. The fraction of sp³-hybridized carbons (Fsp3) is 0.467. The van der Waals surface area contributed by atoms with Gasteiger partial charge in [-0.1, -0.05) is 38.1 Å². The van der Waals surface area contributed by atoms with Crippen molar-refractivity contribution in [3.8, 4) is 6.07 Å². The van der Waals surface area contributed by atoms with Crippen LogP contribution in [0.4, 0.5) is 0 Å². The maximum atomic E-state index is 12.0. The molecule has 0 aromatic heterocycles. The molecule has 0 fully saturated rings. The first-order valence-corrected chi connectivity index (χ1v) is 6.23. The molecule has 0 heterocycles. The van der Waals surface area contributed by atoms with Gasteiger partial charge < -0.3 is 0 Å². The summed E-state index contributed by atoms with van der Waals surface area (Å²) in [6.45, 7) is 5.26. The van der Waals surface area contributed by atoms with Crippen LogP contribution < -0.4 is 0 Å². The van der Waals surface area contributed by atoms with Crippen molar-refractivity contribution in [1.29, 1.82) is 5.26 Å². The lowest BCUT2D eigenvalue weighted by Crippen LogP contribution is -2.26. The Morgan fingerprint density at radius 2 is 1.94 bits per heavy atom. The van der Waals surface area contributed by atoms with Crippen LogP contribution >= 0.6 is 0 Å². The number of ketones is 1. The van der Waals surface area contributed by atoms with E-state index in [0.717, 1.165) is 5.56 Å². The standard InChI is InChI=1S/C15H20N2O/c1-12(2)13-5-7-14(8-6-13)15(18)11-17(3)10-4-9-16/h5-8,12H,4,10-11H2,1-3H3. The molecule has 3 heteroatoms. The molecule has 0 N–H and O–H groups in total. The molecule has 0 amide bonds. The molecule has 0 bridgehead atoms. The van der Waals surface area contributed by atoms with Gasteiger partial charge in [0, 0.05) is 18.5 Å². The van der Waals surface area contributed by atoms with Crippen LogP contribution in [-0.4, -0.2) is 30.8 Å².